The van der Waals surface area contributed by atoms with Crippen LogP contribution in [0, 0.1) is 0 Å². The fourth-order valence-corrected chi connectivity index (χ4v) is 3.26. The molecule has 0 aromatic heterocycles. The third-order valence-corrected chi connectivity index (χ3v) is 4.97. The van der Waals surface area contributed by atoms with Crippen molar-refractivity contribution in [1.29, 1.82) is 0 Å². The number of carbonyl (C=O) groups excluding carboxylic acids is 3. The average molecular weight is 488 g/mol. The van der Waals surface area contributed by atoms with E-state index in [0.717, 1.165) is 22.7 Å². The van der Waals surface area contributed by atoms with E-state index in [-0.39, 0.29) is 35.7 Å². The molecule has 0 radical (unpaired) electrons. The molecule has 0 saturated carbocycles. The Morgan fingerprint density at radius 1 is 1.09 bits per heavy atom. The lowest BCUT2D eigenvalue weighted by atomic mass is 10.1. The number of amides is 2. The lowest BCUT2D eigenvalue weighted by Crippen LogP contribution is -2.29. The first-order valence-corrected chi connectivity index (χ1v) is 10.7. The third-order valence-electron chi connectivity index (χ3n) is 4.97. The Bertz CT molecular complexity index is 1170. The van der Waals surface area contributed by atoms with E-state index in [1.54, 1.807) is 12.2 Å². The van der Waals surface area contributed by atoms with Crippen LogP contribution in [0.5, 0.6) is 0 Å². The summed E-state index contributed by atoms with van der Waals surface area (Å²) in [5, 5.41) is 10.1. The van der Waals surface area contributed by atoms with Crippen molar-refractivity contribution in [2.45, 2.75) is 32.9 Å². The molecule has 0 fully saturated rings. The molecule has 8 nitrogen and oxygen atoms in total. The van der Waals surface area contributed by atoms with E-state index in [4.69, 9.17) is 4.74 Å². The maximum atomic E-state index is 13.2. The summed E-state index contributed by atoms with van der Waals surface area (Å²) >= 11 is 0. The fourth-order valence-electron chi connectivity index (χ4n) is 3.26. The summed E-state index contributed by atoms with van der Waals surface area (Å²) in [5.74, 6) is -3.22. The van der Waals surface area contributed by atoms with Crippen molar-refractivity contribution >= 4 is 40.6 Å². The van der Waals surface area contributed by atoms with Crippen molar-refractivity contribution in [3.05, 3.63) is 65.9 Å². The number of nitrogens with zero attached hydrogens (tertiary/aromatic N) is 2. The predicted octanol–water partition coefficient (Wildman–Crippen LogP) is 4.40. The summed E-state index contributed by atoms with van der Waals surface area (Å²) in [5.41, 5.74) is 2.24. The molecular formula is C24H23F3N4O4. The lowest BCUT2D eigenvalue weighted by Gasteiger charge is -2.13. The van der Waals surface area contributed by atoms with Gasteiger partial charge in [0.15, 0.2) is 0 Å². The van der Waals surface area contributed by atoms with Crippen LogP contribution in [0.2, 0.25) is 0 Å². The standard InChI is InChI=1S/C24H23F3N4O4/c1-3-15-7-5-6-8-19(15)28-14-18-20(13-21(32)35-4-2)30-31(22(18)33)17-11-9-16(10-12-17)29-23(34)24(25,26)27/h5-12,14,28H,3-4,13H2,1-2H3,(H,29,34)/b18-14+. The Morgan fingerprint density at radius 2 is 1.77 bits per heavy atom. The molecule has 3 rings (SSSR count). The highest BCUT2D eigenvalue weighted by Gasteiger charge is 2.38. The lowest BCUT2D eigenvalue weighted by molar-refractivity contribution is -0.167. The van der Waals surface area contributed by atoms with E-state index in [0.29, 0.717) is 0 Å². The molecular weight excluding hydrogens is 465 g/mol. The molecule has 35 heavy (non-hydrogen) atoms. The zero-order valence-electron chi connectivity index (χ0n) is 19.0. The first-order valence-electron chi connectivity index (χ1n) is 10.7. The zero-order valence-corrected chi connectivity index (χ0v) is 19.0. The molecule has 2 aromatic rings. The quantitative estimate of drug-likeness (QED) is 0.424. The number of aryl methyl sites for hydroxylation is 1. The SMILES string of the molecule is CCOC(=O)CC1=NN(c2ccc(NC(=O)C(F)(F)F)cc2)C(=O)/C1=C/Nc1ccccc1CC. The number of ether oxygens (including phenoxy) is 1. The van der Waals surface area contributed by atoms with Gasteiger partial charge < -0.3 is 15.4 Å². The number of nitrogens with one attached hydrogen (secondary N) is 2. The van der Waals surface area contributed by atoms with Gasteiger partial charge in [0, 0.05) is 17.6 Å². The van der Waals surface area contributed by atoms with E-state index >= 15 is 0 Å². The molecule has 0 aliphatic carbocycles. The van der Waals surface area contributed by atoms with Crippen molar-refractivity contribution in [1.82, 2.24) is 0 Å². The first-order chi connectivity index (χ1) is 16.6. The number of anilines is 3. The molecule has 0 atom stereocenters. The van der Waals surface area contributed by atoms with Gasteiger partial charge >= 0.3 is 18.1 Å². The van der Waals surface area contributed by atoms with Gasteiger partial charge in [-0.15, -0.1) is 0 Å². The van der Waals surface area contributed by atoms with Gasteiger partial charge in [-0.3, -0.25) is 14.4 Å². The molecule has 1 aliphatic heterocycles. The number of hydrogen-bond donors (Lipinski definition) is 2. The van der Waals surface area contributed by atoms with Crippen LogP contribution in [0.3, 0.4) is 0 Å². The molecule has 0 unspecified atom stereocenters. The predicted molar refractivity (Wildman–Crippen MR) is 125 cm³/mol. The first kappa shape index (κ1) is 25.5. The van der Waals surface area contributed by atoms with Gasteiger partial charge in [-0.1, -0.05) is 25.1 Å². The number of benzene rings is 2. The van der Waals surface area contributed by atoms with Crippen LogP contribution in [0.1, 0.15) is 25.8 Å². The van der Waals surface area contributed by atoms with Crippen LogP contribution in [0.15, 0.2) is 65.4 Å². The van der Waals surface area contributed by atoms with Crippen LogP contribution in [0.25, 0.3) is 0 Å². The molecule has 0 saturated heterocycles. The minimum Gasteiger partial charge on any atom is -0.466 e. The van der Waals surface area contributed by atoms with Crippen LogP contribution in [-0.2, 0) is 25.5 Å². The molecule has 2 amide bonds. The van der Waals surface area contributed by atoms with E-state index in [2.05, 4.69) is 10.4 Å². The van der Waals surface area contributed by atoms with Crippen molar-refractivity contribution in [3.63, 3.8) is 0 Å². The maximum Gasteiger partial charge on any atom is 0.471 e. The van der Waals surface area contributed by atoms with Gasteiger partial charge in [0.05, 0.1) is 30.0 Å². The zero-order chi connectivity index (χ0) is 25.6. The Hall–Kier alpha value is -4.15. The number of para-hydroxylation sites is 1. The average Bonchev–Trinajstić information content (AvgIpc) is 3.12. The van der Waals surface area contributed by atoms with Crippen molar-refractivity contribution < 1.29 is 32.3 Å². The highest BCUT2D eigenvalue weighted by molar-refractivity contribution is 6.32. The monoisotopic (exact) mass is 488 g/mol. The van der Waals surface area contributed by atoms with Crippen molar-refractivity contribution in [2.24, 2.45) is 5.10 Å². The van der Waals surface area contributed by atoms with Gasteiger partial charge in [0.2, 0.25) is 0 Å². The second kappa shape index (κ2) is 10.9. The second-order valence-electron chi connectivity index (χ2n) is 7.36. The van der Waals surface area contributed by atoms with Gasteiger partial charge in [0.25, 0.3) is 5.91 Å². The second-order valence-corrected chi connectivity index (χ2v) is 7.36. The minimum atomic E-state index is -5.03. The van der Waals surface area contributed by atoms with Crippen LogP contribution in [0.4, 0.5) is 30.2 Å². The van der Waals surface area contributed by atoms with Gasteiger partial charge in [-0.05, 0) is 49.2 Å². The molecule has 1 heterocycles. The van der Waals surface area contributed by atoms with Gasteiger partial charge in [-0.2, -0.15) is 23.3 Å². The molecule has 1 aliphatic rings. The Kier molecular flexibility index (Phi) is 7.90. The van der Waals surface area contributed by atoms with Crippen LogP contribution in [-0.4, -0.2) is 36.3 Å². The largest absolute Gasteiger partial charge is 0.471 e. The van der Waals surface area contributed by atoms with Crippen LogP contribution >= 0.6 is 0 Å². The molecule has 0 bridgehead atoms. The minimum absolute atomic E-state index is 0.105. The number of halogens is 3. The van der Waals surface area contributed by atoms with E-state index in [1.165, 1.54) is 30.5 Å². The molecule has 2 N–H and O–H groups in total. The smallest absolute Gasteiger partial charge is 0.466 e. The van der Waals surface area contributed by atoms with Crippen molar-refractivity contribution in [3.8, 4) is 0 Å². The van der Waals surface area contributed by atoms with Gasteiger partial charge in [-0.25, -0.2) is 0 Å². The van der Waals surface area contributed by atoms with Crippen LogP contribution < -0.4 is 15.6 Å². The summed E-state index contributed by atoms with van der Waals surface area (Å²) in [6, 6.07) is 12.6. The highest BCUT2D eigenvalue weighted by Crippen LogP contribution is 2.27. The topological polar surface area (TPSA) is 100 Å². The number of rotatable bonds is 8. The fraction of sp³-hybridized carbons (Fsp3) is 0.250. The summed E-state index contributed by atoms with van der Waals surface area (Å²) < 4.78 is 42.4. The number of hydrazone groups is 1. The van der Waals surface area contributed by atoms with E-state index in [9.17, 15) is 27.6 Å². The summed E-state index contributed by atoms with van der Waals surface area (Å²) in [6.45, 7) is 3.81. The molecule has 11 heteroatoms. The Labute approximate surface area is 199 Å². The Morgan fingerprint density at radius 3 is 2.40 bits per heavy atom. The normalized spacial score (nSPS) is 14.7. The van der Waals surface area contributed by atoms with E-state index < -0.39 is 24.0 Å². The van der Waals surface area contributed by atoms with Crippen molar-refractivity contribution in [2.75, 3.05) is 22.2 Å². The summed E-state index contributed by atoms with van der Waals surface area (Å²) in [7, 11) is 0. The number of esters is 1. The molecule has 0 spiro atoms. The number of alkyl halides is 3. The third kappa shape index (κ3) is 6.25. The number of hydrogen-bond acceptors (Lipinski definition) is 6. The Balaban J connectivity index is 1.87. The number of carbonyl (C=O) groups is 3. The maximum absolute atomic E-state index is 13.2. The van der Waals surface area contributed by atoms with Gasteiger partial charge in [0.1, 0.15) is 0 Å². The summed E-state index contributed by atoms with van der Waals surface area (Å²) in [4.78, 5) is 36.4. The summed E-state index contributed by atoms with van der Waals surface area (Å²) in [6.07, 6.45) is -3.06. The molecule has 184 valence electrons. The van der Waals surface area contributed by atoms with E-state index in [1.807, 2.05) is 31.2 Å². The highest BCUT2D eigenvalue weighted by atomic mass is 19.4. The molecule has 2 aromatic carbocycles.